The van der Waals surface area contributed by atoms with Crippen molar-refractivity contribution in [3.8, 4) is 5.75 Å². The normalized spacial score (nSPS) is 19.6. The van der Waals surface area contributed by atoms with Gasteiger partial charge in [0.25, 0.3) is 5.91 Å². The van der Waals surface area contributed by atoms with E-state index in [0.29, 0.717) is 15.9 Å². The molecule has 0 spiro atoms. The molecule has 0 unspecified atom stereocenters. The van der Waals surface area contributed by atoms with E-state index < -0.39 is 11.9 Å². The van der Waals surface area contributed by atoms with Crippen LogP contribution in [0.2, 0.25) is 0 Å². The maximum atomic E-state index is 12.9. The highest BCUT2D eigenvalue weighted by atomic mass is 79.9. The molecule has 0 saturated carbocycles. The summed E-state index contributed by atoms with van der Waals surface area (Å²) in [6, 6.07) is 2.52. The van der Waals surface area contributed by atoms with E-state index in [4.69, 9.17) is 4.74 Å². The minimum Gasteiger partial charge on any atom is -0.478 e. The number of rotatable bonds is 0. The molecule has 0 saturated heterocycles. The van der Waals surface area contributed by atoms with E-state index in [1.54, 1.807) is 6.92 Å². The second-order valence-corrected chi connectivity index (χ2v) is 3.87. The van der Waals surface area contributed by atoms with Crippen LogP contribution in [0.25, 0.3) is 0 Å². The van der Waals surface area contributed by atoms with Crippen LogP contribution in [-0.2, 0) is 4.79 Å². The second kappa shape index (κ2) is 3.24. The third-order valence-electron chi connectivity index (χ3n) is 1.93. The Hall–Kier alpha value is -1.10. The molecule has 2 rings (SSSR count). The molecule has 1 aliphatic heterocycles. The SMILES string of the molecule is C[C@@H]1Oc2c(Br)cc(F)cc2NC1=O. The quantitative estimate of drug-likeness (QED) is 0.777. The number of halogens is 2. The molecular formula is C9H7BrFNO2. The third-order valence-corrected chi connectivity index (χ3v) is 2.52. The monoisotopic (exact) mass is 259 g/mol. The fourth-order valence-electron chi connectivity index (χ4n) is 1.24. The molecule has 1 N–H and O–H groups in total. The van der Waals surface area contributed by atoms with Gasteiger partial charge >= 0.3 is 0 Å². The number of amides is 1. The Morgan fingerprint density at radius 3 is 3.00 bits per heavy atom. The predicted octanol–water partition coefficient (Wildman–Crippen LogP) is 2.31. The summed E-state index contributed by atoms with van der Waals surface area (Å²) in [6.07, 6.45) is -0.552. The van der Waals surface area contributed by atoms with Gasteiger partial charge in [-0.3, -0.25) is 4.79 Å². The van der Waals surface area contributed by atoms with Crippen LogP contribution in [0, 0.1) is 5.82 Å². The second-order valence-electron chi connectivity index (χ2n) is 3.01. The molecule has 5 heteroatoms. The Balaban J connectivity index is 2.51. The number of nitrogens with one attached hydrogen (secondary N) is 1. The Morgan fingerprint density at radius 1 is 1.57 bits per heavy atom. The van der Waals surface area contributed by atoms with E-state index in [0.717, 1.165) is 0 Å². The number of benzene rings is 1. The molecule has 74 valence electrons. The third kappa shape index (κ3) is 1.48. The zero-order valence-electron chi connectivity index (χ0n) is 7.30. The van der Waals surface area contributed by atoms with Gasteiger partial charge in [0, 0.05) is 6.07 Å². The summed E-state index contributed by atoms with van der Waals surface area (Å²) in [6.45, 7) is 1.63. The van der Waals surface area contributed by atoms with Crippen LogP contribution in [0.15, 0.2) is 16.6 Å². The van der Waals surface area contributed by atoms with Crippen LogP contribution in [0.3, 0.4) is 0 Å². The van der Waals surface area contributed by atoms with Gasteiger partial charge in [-0.25, -0.2) is 4.39 Å². The van der Waals surface area contributed by atoms with Crippen LogP contribution in [0.4, 0.5) is 10.1 Å². The molecule has 1 aromatic rings. The lowest BCUT2D eigenvalue weighted by Gasteiger charge is -2.24. The summed E-state index contributed by atoms with van der Waals surface area (Å²) in [5.41, 5.74) is 0.361. The number of carbonyl (C=O) groups is 1. The van der Waals surface area contributed by atoms with Crippen molar-refractivity contribution in [2.75, 3.05) is 5.32 Å². The van der Waals surface area contributed by atoms with Gasteiger partial charge in [0.2, 0.25) is 0 Å². The smallest absolute Gasteiger partial charge is 0.265 e. The zero-order valence-corrected chi connectivity index (χ0v) is 8.89. The topological polar surface area (TPSA) is 38.3 Å². The number of anilines is 1. The molecule has 0 aromatic heterocycles. The number of carbonyl (C=O) groups excluding carboxylic acids is 1. The number of ether oxygens (including phenoxy) is 1. The molecule has 0 radical (unpaired) electrons. The molecule has 3 nitrogen and oxygen atoms in total. The lowest BCUT2D eigenvalue weighted by atomic mass is 10.2. The Labute approximate surface area is 88.4 Å². The van der Waals surface area contributed by atoms with Gasteiger partial charge in [-0.1, -0.05) is 0 Å². The first-order chi connectivity index (χ1) is 6.58. The highest BCUT2D eigenvalue weighted by Gasteiger charge is 2.25. The molecule has 1 amide bonds. The van der Waals surface area contributed by atoms with E-state index in [9.17, 15) is 9.18 Å². The molecule has 1 heterocycles. The van der Waals surface area contributed by atoms with E-state index in [1.165, 1.54) is 12.1 Å². The molecule has 1 atom stereocenters. The van der Waals surface area contributed by atoms with E-state index in [2.05, 4.69) is 21.2 Å². The lowest BCUT2D eigenvalue weighted by molar-refractivity contribution is -0.122. The molecule has 14 heavy (non-hydrogen) atoms. The lowest BCUT2D eigenvalue weighted by Crippen LogP contribution is -2.34. The highest BCUT2D eigenvalue weighted by Crippen LogP contribution is 2.37. The van der Waals surface area contributed by atoms with Gasteiger partial charge in [0.1, 0.15) is 5.82 Å². The van der Waals surface area contributed by atoms with Crippen LogP contribution in [0.1, 0.15) is 6.92 Å². The first-order valence-corrected chi connectivity index (χ1v) is 4.84. The fraction of sp³-hybridized carbons (Fsp3) is 0.222. The van der Waals surface area contributed by atoms with Gasteiger partial charge in [-0.15, -0.1) is 0 Å². The van der Waals surface area contributed by atoms with Crippen LogP contribution >= 0.6 is 15.9 Å². The minimum atomic E-state index is -0.552. The Kier molecular flexibility index (Phi) is 2.19. The van der Waals surface area contributed by atoms with Crippen molar-refractivity contribution in [1.29, 1.82) is 0 Å². The van der Waals surface area contributed by atoms with Gasteiger partial charge < -0.3 is 10.1 Å². The van der Waals surface area contributed by atoms with E-state index in [1.807, 2.05) is 0 Å². The maximum Gasteiger partial charge on any atom is 0.265 e. The highest BCUT2D eigenvalue weighted by molar-refractivity contribution is 9.10. The number of hydrogen-bond acceptors (Lipinski definition) is 2. The molecule has 0 aliphatic carbocycles. The van der Waals surface area contributed by atoms with E-state index in [-0.39, 0.29) is 5.91 Å². The van der Waals surface area contributed by atoms with Crippen molar-refractivity contribution in [3.05, 3.63) is 22.4 Å². The zero-order chi connectivity index (χ0) is 10.3. The standard InChI is InChI=1S/C9H7BrFNO2/c1-4-9(13)12-7-3-5(11)2-6(10)8(7)14-4/h2-4H,1H3,(H,12,13)/t4-/m0/s1. The average molecular weight is 260 g/mol. The number of fused-ring (bicyclic) bond motifs is 1. The molecule has 1 aliphatic rings. The van der Waals surface area contributed by atoms with E-state index >= 15 is 0 Å². The Bertz CT molecular complexity index is 408. The van der Waals surface area contributed by atoms with Crippen molar-refractivity contribution in [2.45, 2.75) is 13.0 Å². The fourth-order valence-corrected chi connectivity index (χ4v) is 1.76. The van der Waals surface area contributed by atoms with Crippen LogP contribution in [0.5, 0.6) is 5.75 Å². The van der Waals surface area contributed by atoms with Crippen LogP contribution in [-0.4, -0.2) is 12.0 Å². The van der Waals surface area contributed by atoms with Crippen LogP contribution < -0.4 is 10.1 Å². The Morgan fingerprint density at radius 2 is 2.29 bits per heavy atom. The van der Waals surface area contributed by atoms with Crippen molar-refractivity contribution in [1.82, 2.24) is 0 Å². The largest absolute Gasteiger partial charge is 0.478 e. The van der Waals surface area contributed by atoms with Gasteiger partial charge in [0.05, 0.1) is 10.2 Å². The van der Waals surface area contributed by atoms with Crippen molar-refractivity contribution >= 4 is 27.5 Å². The summed E-state index contributed by atoms with van der Waals surface area (Å²) >= 11 is 3.16. The summed E-state index contributed by atoms with van der Waals surface area (Å²) in [5, 5.41) is 2.56. The average Bonchev–Trinajstić information content (AvgIpc) is 2.08. The summed E-state index contributed by atoms with van der Waals surface area (Å²) < 4.78 is 18.7. The predicted molar refractivity (Wildman–Crippen MR) is 52.8 cm³/mol. The molecule has 0 fully saturated rings. The van der Waals surface area contributed by atoms with Gasteiger partial charge in [0.15, 0.2) is 11.9 Å². The summed E-state index contributed by atoms with van der Waals surface area (Å²) in [5.74, 6) is -0.220. The van der Waals surface area contributed by atoms with Crippen molar-refractivity contribution in [2.24, 2.45) is 0 Å². The molecule has 0 bridgehead atoms. The number of hydrogen-bond donors (Lipinski definition) is 1. The van der Waals surface area contributed by atoms with Crippen molar-refractivity contribution < 1.29 is 13.9 Å². The molecular weight excluding hydrogens is 253 g/mol. The molecule has 1 aromatic carbocycles. The van der Waals surface area contributed by atoms with Crippen molar-refractivity contribution in [3.63, 3.8) is 0 Å². The first kappa shape index (κ1) is 9.45. The van der Waals surface area contributed by atoms with Gasteiger partial charge in [-0.05, 0) is 28.9 Å². The minimum absolute atomic E-state index is 0.269. The maximum absolute atomic E-state index is 12.9. The van der Waals surface area contributed by atoms with Gasteiger partial charge in [-0.2, -0.15) is 0 Å². The first-order valence-electron chi connectivity index (χ1n) is 4.04. The summed E-state index contributed by atoms with van der Waals surface area (Å²) in [7, 11) is 0. The summed E-state index contributed by atoms with van der Waals surface area (Å²) in [4.78, 5) is 11.2.